The number of hydrogen-bond donors (Lipinski definition) is 1. The van der Waals surface area contributed by atoms with Gasteiger partial charge in [-0.3, -0.25) is 9.78 Å². The van der Waals surface area contributed by atoms with Crippen LogP contribution in [-0.2, 0) is 21.8 Å². The Morgan fingerprint density at radius 2 is 1.57 bits per heavy atom. The molecular weight excluding hydrogens is 593 g/mol. The van der Waals surface area contributed by atoms with Crippen LogP contribution in [0.15, 0.2) is 83.9 Å². The third-order valence-electron chi connectivity index (χ3n) is 6.88. The molecule has 0 radical (unpaired) electrons. The molecular formula is C29H24ClF3N4O4S. The molecule has 0 saturated carbocycles. The summed E-state index contributed by atoms with van der Waals surface area (Å²) in [5.74, 6) is -0.551. The molecule has 1 N–H and O–H groups in total. The van der Waals surface area contributed by atoms with Gasteiger partial charge >= 0.3 is 12.2 Å². The van der Waals surface area contributed by atoms with Crippen molar-refractivity contribution in [2.75, 3.05) is 31.5 Å². The molecule has 1 aliphatic heterocycles. The quantitative estimate of drug-likeness (QED) is 0.302. The minimum absolute atomic E-state index is 0.0322. The maximum atomic E-state index is 13.2. The number of piperazine rings is 1. The number of benzene rings is 3. The third kappa shape index (κ3) is 6.34. The summed E-state index contributed by atoms with van der Waals surface area (Å²) >= 11 is 5.97. The van der Waals surface area contributed by atoms with E-state index in [2.05, 4.69) is 10.3 Å². The van der Waals surface area contributed by atoms with Crippen molar-refractivity contribution in [3.05, 3.63) is 101 Å². The standard InChI is InChI=1S/C29H24ClF3N4O4S/c30-23-11-10-22(29(31,32)33)17-24(23)35-28(39)37-15-13-36(14-16-37)27(38)21-8-6-19(7-9-21)18-42(40,41)25-5-1-3-20-4-2-12-34-26(20)25/h1-12,17H,13-16,18H2,(H,35,39). The first-order valence-corrected chi connectivity index (χ1v) is 14.8. The molecule has 5 rings (SSSR count). The second kappa shape index (κ2) is 11.6. The van der Waals surface area contributed by atoms with E-state index in [0.717, 1.165) is 23.6 Å². The summed E-state index contributed by atoms with van der Waals surface area (Å²) in [5, 5.41) is 3.10. The van der Waals surface area contributed by atoms with Crippen LogP contribution in [0.2, 0.25) is 5.02 Å². The normalized spacial score (nSPS) is 14.2. The highest BCUT2D eigenvalue weighted by molar-refractivity contribution is 7.90. The fraction of sp³-hybridized carbons (Fsp3) is 0.207. The minimum Gasteiger partial charge on any atom is -0.335 e. The van der Waals surface area contributed by atoms with E-state index < -0.39 is 27.6 Å². The van der Waals surface area contributed by atoms with Crippen LogP contribution in [0.25, 0.3) is 10.9 Å². The maximum Gasteiger partial charge on any atom is 0.416 e. The van der Waals surface area contributed by atoms with E-state index in [4.69, 9.17) is 11.6 Å². The van der Waals surface area contributed by atoms with E-state index in [1.165, 1.54) is 11.0 Å². The number of urea groups is 1. The van der Waals surface area contributed by atoms with Crippen LogP contribution < -0.4 is 5.32 Å². The van der Waals surface area contributed by atoms with Gasteiger partial charge in [0.15, 0.2) is 9.84 Å². The van der Waals surface area contributed by atoms with Gasteiger partial charge in [0.05, 0.1) is 32.4 Å². The van der Waals surface area contributed by atoms with E-state index in [9.17, 15) is 31.2 Å². The Balaban J connectivity index is 1.19. The second-order valence-corrected chi connectivity index (χ2v) is 12.1. The lowest BCUT2D eigenvalue weighted by Crippen LogP contribution is -2.51. The van der Waals surface area contributed by atoms with Crippen molar-refractivity contribution in [3.8, 4) is 0 Å². The summed E-state index contributed by atoms with van der Waals surface area (Å²) in [6.45, 7) is 0.715. The van der Waals surface area contributed by atoms with Crippen LogP contribution in [0.4, 0.5) is 23.7 Å². The van der Waals surface area contributed by atoms with Crippen molar-refractivity contribution < 1.29 is 31.2 Å². The van der Waals surface area contributed by atoms with Crippen molar-refractivity contribution in [1.29, 1.82) is 0 Å². The summed E-state index contributed by atoms with van der Waals surface area (Å²) in [6, 6.07) is 16.8. The molecule has 3 aromatic carbocycles. The summed E-state index contributed by atoms with van der Waals surface area (Å²) in [5.41, 5.74) is 0.170. The maximum absolute atomic E-state index is 13.2. The molecule has 4 aromatic rings. The number of nitrogens with zero attached hydrogens (tertiary/aromatic N) is 3. The monoisotopic (exact) mass is 616 g/mol. The van der Waals surface area contributed by atoms with E-state index >= 15 is 0 Å². The summed E-state index contributed by atoms with van der Waals surface area (Å²) in [7, 11) is -3.71. The molecule has 0 aliphatic carbocycles. The lowest BCUT2D eigenvalue weighted by Gasteiger charge is -2.34. The van der Waals surface area contributed by atoms with Crippen LogP contribution in [0, 0.1) is 0 Å². The zero-order valence-corrected chi connectivity index (χ0v) is 23.5. The molecule has 42 heavy (non-hydrogen) atoms. The molecule has 8 nitrogen and oxygen atoms in total. The Labute approximate surface area is 244 Å². The Kier molecular flexibility index (Phi) is 8.11. The first-order valence-electron chi connectivity index (χ1n) is 12.8. The molecule has 1 aromatic heterocycles. The molecule has 3 amide bonds. The number of carbonyl (C=O) groups is 2. The lowest BCUT2D eigenvalue weighted by molar-refractivity contribution is -0.137. The minimum atomic E-state index is -4.59. The van der Waals surface area contributed by atoms with Crippen LogP contribution in [0.1, 0.15) is 21.5 Å². The number of aromatic nitrogens is 1. The second-order valence-electron chi connectivity index (χ2n) is 9.69. The van der Waals surface area contributed by atoms with E-state index in [1.54, 1.807) is 59.6 Å². The van der Waals surface area contributed by atoms with Crippen molar-refractivity contribution >= 4 is 50.0 Å². The highest BCUT2D eigenvalue weighted by Gasteiger charge is 2.32. The lowest BCUT2D eigenvalue weighted by atomic mass is 10.1. The molecule has 0 spiro atoms. The topological polar surface area (TPSA) is 99.7 Å². The van der Waals surface area contributed by atoms with Crippen LogP contribution in [0.5, 0.6) is 0 Å². The summed E-state index contributed by atoms with van der Waals surface area (Å²) in [6.07, 6.45) is -3.04. The Hall–Kier alpha value is -4.16. The van der Waals surface area contributed by atoms with Gasteiger partial charge in [0.25, 0.3) is 5.91 Å². The Morgan fingerprint density at radius 1 is 0.905 bits per heavy atom. The first-order chi connectivity index (χ1) is 19.9. The van der Waals surface area contributed by atoms with Gasteiger partial charge in [0.2, 0.25) is 0 Å². The van der Waals surface area contributed by atoms with Gasteiger partial charge in [-0.2, -0.15) is 13.2 Å². The van der Waals surface area contributed by atoms with Gasteiger partial charge < -0.3 is 15.1 Å². The van der Waals surface area contributed by atoms with Crippen molar-refractivity contribution in [1.82, 2.24) is 14.8 Å². The molecule has 1 aliphatic rings. The van der Waals surface area contributed by atoms with E-state index in [-0.39, 0.29) is 53.4 Å². The van der Waals surface area contributed by atoms with Crippen molar-refractivity contribution in [2.24, 2.45) is 0 Å². The number of hydrogen-bond acceptors (Lipinski definition) is 5. The summed E-state index contributed by atoms with van der Waals surface area (Å²) in [4.78, 5) is 33.0. The molecule has 218 valence electrons. The fourth-order valence-corrected chi connectivity index (χ4v) is 6.36. The number of fused-ring (bicyclic) bond motifs is 1. The summed E-state index contributed by atoms with van der Waals surface area (Å²) < 4.78 is 65.4. The predicted octanol–water partition coefficient (Wildman–Crippen LogP) is 5.87. The molecule has 13 heteroatoms. The molecule has 0 bridgehead atoms. The number of sulfone groups is 1. The van der Waals surface area contributed by atoms with Gasteiger partial charge in [-0.25, -0.2) is 13.2 Å². The fourth-order valence-electron chi connectivity index (χ4n) is 4.65. The molecule has 0 atom stereocenters. The SMILES string of the molecule is O=C(Nc1cc(C(F)(F)F)ccc1Cl)N1CCN(C(=O)c2ccc(CS(=O)(=O)c3cccc4cccnc34)cc2)CC1. The first kappa shape index (κ1) is 29.3. The average Bonchev–Trinajstić information content (AvgIpc) is 2.97. The number of amides is 3. The smallest absolute Gasteiger partial charge is 0.335 e. The van der Waals surface area contributed by atoms with Gasteiger partial charge in [0.1, 0.15) is 0 Å². The number of para-hydroxylation sites is 1. The number of carbonyl (C=O) groups excluding carboxylic acids is 2. The average molecular weight is 617 g/mol. The van der Waals surface area contributed by atoms with Crippen LogP contribution >= 0.6 is 11.6 Å². The predicted molar refractivity (Wildman–Crippen MR) is 152 cm³/mol. The Morgan fingerprint density at radius 3 is 2.26 bits per heavy atom. The van der Waals surface area contributed by atoms with Crippen LogP contribution in [-0.4, -0.2) is 61.3 Å². The molecule has 0 unspecified atom stereocenters. The number of halogens is 4. The van der Waals surface area contributed by atoms with E-state index in [1.807, 2.05) is 0 Å². The van der Waals surface area contributed by atoms with Gasteiger partial charge in [0, 0.05) is 43.3 Å². The number of anilines is 1. The van der Waals surface area contributed by atoms with E-state index in [0.29, 0.717) is 16.6 Å². The van der Waals surface area contributed by atoms with Gasteiger partial charge in [-0.05, 0) is 48.0 Å². The van der Waals surface area contributed by atoms with Gasteiger partial charge in [-0.1, -0.05) is 41.9 Å². The van der Waals surface area contributed by atoms with Crippen LogP contribution in [0.3, 0.4) is 0 Å². The highest BCUT2D eigenvalue weighted by Crippen LogP contribution is 2.34. The zero-order chi connectivity index (χ0) is 30.1. The largest absolute Gasteiger partial charge is 0.416 e. The Bertz CT molecular complexity index is 1750. The number of alkyl halides is 3. The molecule has 1 fully saturated rings. The number of pyridine rings is 1. The highest BCUT2D eigenvalue weighted by atomic mass is 35.5. The number of nitrogens with one attached hydrogen (secondary N) is 1. The molecule has 2 heterocycles. The zero-order valence-electron chi connectivity index (χ0n) is 21.9. The number of rotatable bonds is 5. The molecule has 1 saturated heterocycles. The van der Waals surface area contributed by atoms with Crippen molar-refractivity contribution in [3.63, 3.8) is 0 Å². The van der Waals surface area contributed by atoms with Crippen molar-refractivity contribution in [2.45, 2.75) is 16.8 Å². The van der Waals surface area contributed by atoms with Gasteiger partial charge in [-0.15, -0.1) is 0 Å². The third-order valence-corrected chi connectivity index (χ3v) is 8.92.